The van der Waals surface area contributed by atoms with E-state index in [0.717, 1.165) is 45.7 Å². The number of hydrogen-bond acceptors (Lipinski definition) is 6. The van der Waals surface area contributed by atoms with Crippen LogP contribution in [0, 0.1) is 10.5 Å². The molecule has 3 saturated heterocycles. The highest BCUT2D eigenvalue weighted by molar-refractivity contribution is 14.1. The zero-order valence-electron chi connectivity index (χ0n) is 22.1. The summed E-state index contributed by atoms with van der Waals surface area (Å²) in [5.74, 6) is 1.19. The number of aromatic nitrogens is 2. The van der Waals surface area contributed by atoms with Crippen LogP contribution in [0.5, 0.6) is 0 Å². The van der Waals surface area contributed by atoms with E-state index in [-0.39, 0.29) is 11.6 Å². The number of carbonyl (C=O) groups is 1. The lowest BCUT2D eigenvalue weighted by Crippen LogP contribution is -2.64. The summed E-state index contributed by atoms with van der Waals surface area (Å²) in [7, 11) is 2.30. The molecule has 4 aliphatic rings. The largest absolute Gasteiger partial charge is 0.444 e. The normalized spacial score (nSPS) is 25.6. The number of hydrogen-bond donors (Lipinski definition) is 0. The molecule has 0 radical (unpaired) electrons. The van der Waals surface area contributed by atoms with Crippen LogP contribution in [0.2, 0.25) is 0 Å². The third-order valence-corrected chi connectivity index (χ3v) is 9.97. The molecule has 0 bridgehead atoms. The number of ether oxygens (including phenoxy) is 2. The molecule has 1 aromatic heterocycles. The summed E-state index contributed by atoms with van der Waals surface area (Å²) in [6, 6.07) is 1.56. The van der Waals surface area contributed by atoms with Gasteiger partial charge in [0.15, 0.2) is 5.82 Å². The molecule has 3 aliphatic heterocycles. The van der Waals surface area contributed by atoms with Crippen molar-refractivity contribution in [1.29, 1.82) is 0 Å². The number of likely N-dealkylation sites (N-methyl/N-ethyl adjacent to an activating group) is 1. The van der Waals surface area contributed by atoms with E-state index in [1.165, 1.54) is 47.2 Å². The first-order valence-corrected chi connectivity index (χ1v) is 14.5. The van der Waals surface area contributed by atoms with E-state index in [4.69, 9.17) is 14.6 Å². The van der Waals surface area contributed by atoms with Gasteiger partial charge >= 0.3 is 6.09 Å². The molecule has 4 fully saturated rings. The molecule has 0 aromatic carbocycles. The highest BCUT2D eigenvalue weighted by Gasteiger charge is 2.50. The van der Waals surface area contributed by atoms with Gasteiger partial charge in [-0.1, -0.05) is 0 Å². The van der Waals surface area contributed by atoms with E-state index in [0.29, 0.717) is 18.1 Å². The molecule has 1 aromatic rings. The molecule has 9 heteroatoms. The fourth-order valence-corrected chi connectivity index (χ4v) is 6.94. The first kappa shape index (κ1) is 25.6. The van der Waals surface area contributed by atoms with Crippen LogP contribution in [0.25, 0.3) is 0 Å². The first-order valence-electron chi connectivity index (χ1n) is 13.4. The molecular weight excluding hydrogens is 557 g/mol. The Morgan fingerprint density at radius 1 is 1.14 bits per heavy atom. The number of rotatable bonds is 4. The van der Waals surface area contributed by atoms with E-state index >= 15 is 0 Å². The fourth-order valence-electron chi connectivity index (χ4n) is 6.29. The van der Waals surface area contributed by atoms with E-state index in [1.54, 1.807) is 0 Å². The minimum Gasteiger partial charge on any atom is -0.444 e. The molecule has 1 unspecified atom stereocenters. The lowest BCUT2D eigenvalue weighted by Gasteiger charge is -2.57. The Bertz CT molecular complexity index is 928. The Morgan fingerprint density at radius 3 is 2.37 bits per heavy atom. The van der Waals surface area contributed by atoms with Gasteiger partial charge in [-0.25, -0.2) is 4.79 Å². The van der Waals surface area contributed by atoms with Crippen LogP contribution < -0.4 is 4.90 Å². The molecule has 35 heavy (non-hydrogen) atoms. The Hall–Kier alpha value is -1.07. The van der Waals surface area contributed by atoms with E-state index in [9.17, 15) is 4.79 Å². The van der Waals surface area contributed by atoms with Crippen LogP contribution in [0.15, 0.2) is 0 Å². The monoisotopic (exact) mass is 599 g/mol. The maximum atomic E-state index is 12.5. The molecule has 1 spiro atoms. The lowest BCUT2D eigenvalue weighted by atomic mass is 9.68. The van der Waals surface area contributed by atoms with Crippen molar-refractivity contribution < 1.29 is 14.3 Å². The van der Waals surface area contributed by atoms with Crippen LogP contribution in [0.1, 0.15) is 77.5 Å². The molecule has 5 rings (SSSR count). The number of amides is 1. The second-order valence-corrected chi connectivity index (χ2v) is 13.2. The number of piperidine rings is 2. The summed E-state index contributed by atoms with van der Waals surface area (Å²) in [5.41, 5.74) is 1.06. The Morgan fingerprint density at radius 2 is 1.83 bits per heavy atom. The SMILES string of the molecule is Cc1c(I)c(N2CCC(N(C)C3COC3)CC23CCC3)nn1C1CCN(C(=O)OC(C)(C)C)CC1. The van der Waals surface area contributed by atoms with Crippen molar-refractivity contribution in [2.45, 2.75) is 102 Å². The highest BCUT2D eigenvalue weighted by Crippen LogP contribution is 2.48. The molecule has 0 N–H and O–H groups in total. The van der Waals surface area contributed by atoms with Crippen molar-refractivity contribution in [2.24, 2.45) is 0 Å². The summed E-state index contributed by atoms with van der Waals surface area (Å²) >= 11 is 2.52. The van der Waals surface area contributed by atoms with Crippen molar-refractivity contribution in [1.82, 2.24) is 19.6 Å². The fraction of sp³-hybridized carbons (Fsp3) is 0.846. The van der Waals surface area contributed by atoms with Crippen LogP contribution in [0.4, 0.5) is 10.6 Å². The first-order chi connectivity index (χ1) is 16.6. The number of halogens is 1. The minimum absolute atomic E-state index is 0.198. The van der Waals surface area contributed by atoms with Gasteiger partial charge in [0, 0.05) is 31.2 Å². The Balaban J connectivity index is 1.28. The number of carbonyl (C=O) groups excluding carboxylic acids is 1. The summed E-state index contributed by atoms with van der Waals surface area (Å²) in [5, 5.41) is 5.26. The maximum absolute atomic E-state index is 12.5. The average molecular weight is 600 g/mol. The minimum atomic E-state index is -0.455. The molecule has 4 heterocycles. The van der Waals surface area contributed by atoms with Crippen molar-refractivity contribution in [3.05, 3.63) is 9.26 Å². The van der Waals surface area contributed by atoms with Crippen molar-refractivity contribution >= 4 is 34.5 Å². The molecule has 1 aliphatic carbocycles. The van der Waals surface area contributed by atoms with E-state index in [1.807, 2.05) is 25.7 Å². The molecule has 1 saturated carbocycles. The van der Waals surface area contributed by atoms with Gasteiger partial charge in [-0.3, -0.25) is 9.58 Å². The summed E-state index contributed by atoms with van der Waals surface area (Å²) in [6.45, 7) is 12.3. The third kappa shape index (κ3) is 4.93. The quantitative estimate of drug-likeness (QED) is 0.472. The van der Waals surface area contributed by atoms with Crippen molar-refractivity contribution in [3.63, 3.8) is 0 Å². The number of anilines is 1. The van der Waals surface area contributed by atoms with Gasteiger partial charge in [0.1, 0.15) is 5.60 Å². The summed E-state index contributed by atoms with van der Waals surface area (Å²) in [6.07, 6.45) is 7.91. The summed E-state index contributed by atoms with van der Waals surface area (Å²) in [4.78, 5) is 19.6. The predicted molar refractivity (Wildman–Crippen MR) is 145 cm³/mol. The van der Waals surface area contributed by atoms with Crippen LogP contribution in [0.3, 0.4) is 0 Å². The zero-order chi connectivity index (χ0) is 25.0. The van der Waals surface area contributed by atoms with E-state index in [2.05, 4.69) is 51.0 Å². The second kappa shape index (κ2) is 9.67. The lowest BCUT2D eigenvalue weighted by molar-refractivity contribution is -0.0783. The van der Waals surface area contributed by atoms with Gasteiger partial charge in [-0.05, 0) is 102 Å². The zero-order valence-corrected chi connectivity index (χ0v) is 24.2. The Kier molecular flexibility index (Phi) is 7.06. The van der Waals surface area contributed by atoms with Gasteiger partial charge in [0.25, 0.3) is 0 Å². The Labute approximate surface area is 223 Å². The highest BCUT2D eigenvalue weighted by atomic mass is 127. The van der Waals surface area contributed by atoms with Gasteiger partial charge in [-0.2, -0.15) is 5.10 Å². The van der Waals surface area contributed by atoms with Crippen molar-refractivity contribution in [3.8, 4) is 0 Å². The number of likely N-dealkylation sites (tertiary alicyclic amines) is 1. The predicted octanol–water partition coefficient (Wildman–Crippen LogP) is 4.59. The standard InChI is InChI=1S/C26H42IN5O3/c1-18-22(27)23(28-32(18)19-7-12-30(13-8-19)24(33)35-25(2,3)4)31-14-9-20(15-26(31)10-6-11-26)29(5)21-16-34-17-21/h19-21H,6-17H2,1-5H3. The third-order valence-electron chi connectivity index (χ3n) is 8.71. The maximum Gasteiger partial charge on any atom is 0.410 e. The molecule has 1 amide bonds. The summed E-state index contributed by atoms with van der Waals surface area (Å²) < 4.78 is 14.6. The second-order valence-electron chi connectivity index (χ2n) is 12.1. The molecule has 1 atom stereocenters. The smallest absolute Gasteiger partial charge is 0.410 e. The topological polar surface area (TPSA) is 63.1 Å². The van der Waals surface area contributed by atoms with E-state index < -0.39 is 5.60 Å². The van der Waals surface area contributed by atoms with Crippen LogP contribution in [-0.4, -0.2) is 88.8 Å². The van der Waals surface area contributed by atoms with Crippen LogP contribution in [-0.2, 0) is 9.47 Å². The number of nitrogens with zero attached hydrogens (tertiary/aromatic N) is 5. The van der Waals surface area contributed by atoms with Gasteiger partial charge in [0.05, 0.1) is 34.6 Å². The van der Waals surface area contributed by atoms with Gasteiger partial charge in [-0.15, -0.1) is 0 Å². The van der Waals surface area contributed by atoms with Gasteiger partial charge in [0.2, 0.25) is 0 Å². The van der Waals surface area contributed by atoms with Crippen molar-refractivity contribution in [2.75, 3.05) is 44.8 Å². The molecule has 196 valence electrons. The molecular formula is C26H42IN5O3. The van der Waals surface area contributed by atoms with Gasteiger partial charge < -0.3 is 19.3 Å². The van der Waals surface area contributed by atoms with Crippen LogP contribution >= 0.6 is 22.6 Å². The molecule has 8 nitrogen and oxygen atoms in total. The average Bonchev–Trinajstić information content (AvgIpc) is 3.04.